The van der Waals surface area contributed by atoms with Gasteiger partial charge in [0.25, 0.3) is 0 Å². The second-order valence-electron chi connectivity index (χ2n) is 0.349. The molecule has 0 heterocycles. The van der Waals surface area contributed by atoms with Gasteiger partial charge >= 0.3 is 33.9 Å². The minimum absolute atomic E-state index is 0.0461. The molecule has 0 saturated carbocycles. The van der Waals surface area contributed by atoms with E-state index in [-0.39, 0.29) is 4.62 Å². The van der Waals surface area contributed by atoms with E-state index in [0.717, 1.165) is 0 Å². The van der Waals surface area contributed by atoms with Crippen LogP contribution >= 0.6 is 0 Å². The molecule has 0 aliphatic carbocycles. The van der Waals surface area contributed by atoms with Gasteiger partial charge in [0.05, 0.1) is 0 Å². The Morgan fingerprint density at radius 2 is 2.25 bits per heavy atom. The van der Waals surface area contributed by atoms with E-state index in [1.807, 2.05) is 0 Å². The molecule has 0 bridgehead atoms. The molecule has 0 rings (SSSR count). The first-order valence-corrected chi connectivity index (χ1v) is 4.64. The summed E-state index contributed by atoms with van der Waals surface area (Å²) in [7, 11) is 0. The van der Waals surface area contributed by atoms with Crippen LogP contribution in [0.5, 0.6) is 0 Å². The maximum absolute atomic E-state index is 9.24. The molecule has 0 aromatic carbocycles. The topological polar surface area (TPSA) is 37.3 Å². The van der Waals surface area contributed by atoms with Crippen LogP contribution in [-0.4, -0.2) is 30.9 Å². The van der Waals surface area contributed by atoms with Crippen LogP contribution in [0.1, 0.15) is 0 Å². The van der Waals surface area contributed by atoms with Crippen molar-refractivity contribution in [2.45, 2.75) is 0 Å². The molecule has 1 N–H and O–H groups in total. The molecule has 3 heteroatoms. The van der Waals surface area contributed by atoms with Crippen molar-refractivity contribution in [1.82, 2.24) is 0 Å². The number of aliphatic hydroxyl groups is 1. The van der Waals surface area contributed by atoms with Crippen molar-refractivity contribution in [3.05, 3.63) is 0 Å². The average molecular weight is 167 g/mol. The summed E-state index contributed by atoms with van der Waals surface area (Å²) in [6.07, 6.45) is 0. The summed E-state index contributed by atoms with van der Waals surface area (Å²) < 4.78 is 9.19. The third kappa shape index (κ3) is 2.56. The van der Waals surface area contributed by atoms with Gasteiger partial charge in [-0.25, -0.2) is 0 Å². The Labute approximate surface area is 34.4 Å². The van der Waals surface area contributed by atoms with Crippen LogP contribution in [0.3, 0.4) is 0 Å². The van der Waals surface area contributed by atoms with Crippen molar-refractivity contribution < 1.29 is 8.18 Å². The van der Waals surface area contributed by atoms with Gasteiger partial charge in [-0.2, -0.15) is 0 Å². The molecule has 0 fully saturated rings. The molecule has 2 nitrogen and oxygen atoms in total. The summed E-state index contributed by atoms with van der Waals surface area (Å²) in [5.74, 6) is 0. The molecule has 0 aromatic heterocycles. The number of hydrogen-bond acceptors (Lipinski definition) is 2. The van der Waals surface area contributed by atoms with Gasteiger partial charge in [0.1, 0.15) is 0 Å². The fourth-order valence-electron chi connectivity index (χ4n) is 0. The van der Waals surface area contributed by atoms with Crippen LogP contribution in [0.15, 0.2) is 0 Å². The molecule has 0 aliphatic rings. The number of aliphatic hydroxyl groups excluding tert-OH is 1. The normalized spacial score (nSPS) is 6.25. The first-order chi connectivity index (χ1) is 1.91. The summed E-state index contributed by atoms with van der Waals surface area (Å²) in [5, 5.41) is 7.65. The van der Waals surface area contributed by atoms with E-state index in [1.165, 1.54) is 0 Å². The van der Waals surface area contributed by atoms with Crippen molar-refractivity contribution >= 4 is 21.1 Å². The predicted molar refractivity (Wildman–Crippen MR) is 14.9 cm³/mol. The summed E-state index contributed by atoms with van der Waals surface area (Å²) in [6, 6.07) is 0. The molecule has 0 aromatic rings. The van der Waals surface area contributed by atoms with E-state index in [0.29, 0.717) is 0 Å². The van der Waals surface area contributed by atoms with Gasteiger partial charge in [-0.05, 0) is 0 Å². The molecule has 0 atom stereocenters. The molecular formula is CH4O2Sn. The van der Waals surface area contributed by atoms with E-state index in [1.54, 1.807) is 0 Å². The fourth-order valence-corrected chi connectivity index (χ4v) is 0. The average Bonchev–Trinajstić information content (AvgIpc) is 1.37. The zero-order valence-electron chi connectivity index (χ0n) is 2.14. The number of rotatable bonds is 1. The summed E-state index contributed by atoms with van der Waals surface area (Å²) in [6.45, 7) is 0. The van der Waals surface area contributed by atoms with Crippen molar-refractivity contribution in [2.24, 2.45) is 0 Å². The Kier molecular flexibility index (Phi) is 4.06. The van der Waals surface area contributed by atoms with Crippen LogP contribution in [0.4, 0.5) is 0 Å². The van der Waals surface area contributed by atoms with Gasteiger partial charge in [0.2, 0.25) is 0 Å². The van der Waals surface area contributed by atoms with Crippen LogP contribution in [0, 0.1) is 0 Å². The maximum atomic E-state index is 9.24. The first-order valence-electron chi connectivity index (χ1n) is 0.960. The van der Waals surface area contributed by atoms with Gasteiger partial charge in [0, 0.05) is 0 Å². The van der Waals surface area contributed by atoms with Crippen molar-refractivity contribution in [3.63, 3.8) is 0 Å². The zero-order valence-corrected chi connectivity index (χ0v) is 5.44. The van der Waals surface area contributed by atoms with Crippen molar-refractivity contribution in [1.29, 1.82) is 0 Å². The first kappa shape index (κ1) is 4.56. The van der Waals surface area contributed by atoms with Gasteiger partial charge in [-0.15, -0.1) is 0 Å². The third-order valence-corrected chi connectivity index (χ3v) is 0.500. The second-order valence-corrected chi connectivity index (χ2v) is 2.34. The van der Waals surface area contributed by atoms with Crippen LogP contribution in [0.2, 0.25) is 0 Å². The van der Waals surface area contributed by atoms with Crippen LogP contribution < -0.4 is 0 Å². The molecule has 4 heavy (non-hydrogen) atoms. The quantitative estimate of drug-likeness (QED) is 0.493. The SMILES string of the molecule is [O]=[SnH][CH2]O. The standard InChI is InChI=1S/CH3O.O.Sn.H/c1-2;;;/h2H,1H2;;;. The summed E-state index contributed by atoms with van der Waals surface area (Å²) in [5.41, 5.74) is 0. The Hall–Kier alpha value is 0.559. The predicted octanol–water partition coefficient (Wildman–Crippen LogP) is -1.28. The van der Waals surface area contributed by atoms with Crippen molar-refractivity contribution in [2.75, 3.05) is 4.62 Å². The van der Waals surface area contributed by atoms with E-state index in [4.69, 9.17) is 5.11 Å². The van der Waals surface area contributed by atoms with Crippen LogP contribution in [0.25, 0.3) is 0 Å². The summed E-state index contributed by atoms with van der Waals surface area (Å²) in [4.78, 5) is 0. The molecule has 0 amide bonds. The van der Waals surface area contributed by atoms with Crippen molar-refractivity contribution in [3.8, 4) is 0 Å². The molecule has 0 radical (unpaired) electrons. The Balaban J connectivity index is 2.30. The Morgan fingerprint density at radius 1 is 2.00 bits per heavy atom. The summed E-state index contributed by atoms with van der Waals surface area (Å²) >= 11 is -1.60. The molecule has 0 spiro atoms. The monoisotopic (exact) mass is 168 g/mol. The second kappa shape index (κ2) is 3.56. The third-order valence-electron chi connectivity index (χ3n) is 0.0745. The molecule has 0 unspecified atom stereocenters. The fraction of sp³-hybridized carbons (Fsp3) is 1.00. The molecule has 24 valence electrons. The molecule has 0 aliphatic heterocycles. The van der Waals surface area contributed by atoms with Crippen LogP contribution in [-0.2, 0) is 3.08 Å². The van der Waals surface area contributed by atoms with Gasteiger partial charge in [0.15, 0.2) is 0 Å². The Morgan fingerprint density at radius 3 is 2.25 bits per heavy atom. The van der Waals surface area contributed by atoms with Gasteiger partial charge in [-0.1, -0.05) is 0 Å². The van der Waals surface area contributed by atoms with E-state index >= 15 is 0 Å². The van der Waals surface area contributed by atoms with Gasteiger partial charge < -0.3 is 0 Å². The zero-order chi connectivity index (χ0) is 3.41. The molecular weight excluding hydrogens is 163 g/mol. The minimum atomic E-state index is -1.60. The molecule has 0 saturated heterocycles. The van der Waals surface area contributed by atoms with E-state index < -0.39 is 21.1 Å². The van der Waals surface area contributed by atoms with Gasteiger partial charge in [-0.3, -0.25) is 0 Å². The number of hydrogen-bond donors (Lipinski definition) is 1. The van der Waals surface area contributed by atoms with E-state index in [9.17, 15) is 3.08 Å². The van der Waals surface area contributed by atoms with E-state index in [2.05, 4.69) is 0 Å². The Bertz CT molecular complexity index is 20.0.